The molecule has 0 saturated carbocycles. The van der Waals surface area contributed by atoms with E-state index in [2.05, 4.69) is 9.97 Å². The maximum Gasteiger partial charge on any atom is 0.222 e. The summed E-state index contributed by atoms with van der Waals surface area (Å²) in [4.78, 5) is 7.73. The molecule has 0 amide bonds. The Kier molecular flexibility index (Phi) is 4.05. The quantitative estimate of drug-likeness (QED) is 0.555. The van der Waals surface area contributed by atoms with Crippen LogP contribution in [0.25, 0.3) is 0 Å². The van der Waals surface area contributed by atoms with Gasteiger partial charge in [-0.2, -0.15) is 0 Å². The Morgan fingerprint density at radius 3 is 3.00 bits per heavy atom. The maximum atomic E-state index is 11.7. The van der Waals surface area contributed by atoms with Gasteiger partial charge in [0.15, 0.2) is 0 Å². The van der Waals surface area contributed by atoms with Crippen LogP contribution >= 0.6 is 11.6 Å². The lowest BCUT2D eigenvalue weighted by molar-refractivity contribution is 0.106. The average molecular weight is 205 g/mol. The van der Waals surface area contributed by atoms with Crippen LogP contribution in [0.3, 0.4) is 0 Å². The molecule has 0 aliphatic rings. The Bertz CT molecular complexity index is 283. The van der Waals surface area contributed by atoms with Crippen LogP contribution in [0.2, 0.25) is 5.28 Å². The summed E-state index contributed by atoms with van der Waals surface area (Å²) in [6.45, 7) is 1.75. The summed E-state index contributed by atoms with van der Waals surface area (Å²) in [5.41, 5.74) is 1.59. The number of nitrogens with zero attached hydrogens (tertiary/aromatic N) is 2. The summed E-state index contributed by atoms with van der Waals surface area (Å²) in [6, 6.07) is 0. The van der Waals surface area contributed by atoms with E-state index in [0.717, 1.165) is 11.3 Å². The molecule has 0 saturated heterocycles. The van der Waals surface area contributed by atoms with Gasteiger partial charge in [-0.1, -0.05) is 0 Å². The van der Waals surface area contributed by atoms with E-state index in [-0.39, 0.29) is 11.9 Å². The van der Waals surface area contributed by atoms with Crippen molar-refractivity contribution in [3.63, 3.8) is 0 Å². The molecule has 0 aromatic carbocycles. The van der Waals surface area contributed by atoms with Gasteiger partial charge in [-0.3, -0.25) is 0 Å². The van der Waals surface area contributed by atoms with E-state index in [4.69, 9.17) is 16.3 Å². The summed E-state index contributed by atoms with van der Waals surface area (Å²) in [6.07, 6.45) is 1.59. The first-order valence-electron chi connectivity index (χ1n) is 3.85. The van der Waals surface area contributed by atoms with E-state index in [9.17, 15) is 4.39 Å². The topological polar surface area (TPSA) is 35.0 Å². The molecule has 0 radical (unpaired) electrons. The number of rotatable bonds is 4. The molecular formula is C8H10ClFN2O. The van der Waals surface area contributed by atoms with Gasteiger partial charge in [0.2, 0.25) is 5.28 Å². The van der Waals surface area contributed by atoms with E-state index < -0.39 is 6.67 Å². The Balaban J connectivity index is 2.56. The monoisotopic (exact) mass is 204 g/mol. The van der Waals surface area contributed by atoms with Crippen molar-refractivity contribution in [3.8, 4) is 0 Å². The number of ether oxygens (including phenoxy) is 1. The van der Waals surface area contributed by atoms with Crippen LogP contribution in [0.4, 0.5) is 4.39 Å². The molecule has 0 fully saturated rings. The molecule has 0 unspecified atom stereocenters. The van der Waals surface area contributed by atoms with Crippen LogP contribution in [0.5, 0.6) is 0 Å². The number of aryl methyl sites for hydroxylation is 1. The number of halogens is 2. The fourth-order valence-corrected chi connectivity index (χ4v) is 1.02. The number of aromatic nitrogens is 2. The molecule has 1 aromatic heterocycles. The van der Waals surface area contributed by atoms with E-state index in [0.29, 0.717) is 6.61 Å². The third-order valence-electron chi connectivity index (χ3n) is 1.53. The molecule has 0 spiro atoms. The number of hydrogen-bond acceptors (Lipinski definition) is 3. The van der Waals surface area contributed by atoms with Gasteiger partial charge in [0.05, 0.1) is 13.2 Å². The summed E-state index contributed by atoms with van der Waals surface area (Å²) in [5, 5.41) is 0.215. The molecule has 0 aliphatic carbocycles. The van der Waals surface area contributed by atoms with Crippen molar-refractivity contribution in [2.45, 2.75) is 13.5 Å². The van der Waals surface area contributed by atoms with Gasteiger partial charge in [0.1, 0.15) is 6.67 Å². The lowest BCUT2D eigenvalue weighted by atomic mass is 10.3. The Hall–Kier alpha value is -0.740. The molecule has 72 valence electrons. The van der Waals surface area contributed by atoms with Crippen molar-refractivity contribution in [1.82, 2.24) is 9.97 Å². The SMILES string of the molecule is Cc1nc(Cl)ncc1COCCF. The minimum absolute atomic E-state index is 0.0993. The van der Waals surface area contributed by atoms with Crippen molar-refractivity contribution in [3.05, 3.63) is 22.7 Å². The predicted octanol–water partition coefficient (Wildman–Crippen LogP) is 1.92. The molecule has 1 rings (SSSR count). The van der Waals surface area contributed by atoms with Crippen LogP contribution in [0, 0.1) is 6.92 Å². The zero-order chi connectivity index (χ0) is 9.68. The minimum atomic E-state index is -0.479. The van der Waals surface area contributed by atoms with E-state index >= 15 is 0 Å². The molecule has 0 N–H and O–H groups in total. The fourth-order valence-electron chi connectivity index (χ4n) is 0.842. The second-order valence-electron chi connectivity index (χ2n) is 2.49. The first-order chi connectivity index (χ1) is 6.24. The van der Waals surface area contributed by atoms with Crippen molar-refractivity contribution < 1.29 is 9.13 Å². The van der Waals surface area contributed by atoms with Crippen LogP contribution in [0.1, 0.15) is 11.3 Å². The van der Waals surface area contributed by atoms with Crippen molar-refractivity contribution in [2.75, 3.05) is 13.3 Å². The first-order valence-corrected chi connectivity index (χ1v) is 4.23. The molecule has 13 heavy (non-hydrogen) atoms. The molecule has 0 bridgehead atoms. The standard InChI is InChI=1S/C8H10ClFN2O/c1-6-7(5-13-3-2-10)4-11-8(9)12-6/h4H,2-3,5H2,1H3. The van der Waals surface area contributed by atoms with Gasteiger partial charge in [-0.05, 0) is 18.5 Å². The molecule has 0 atom stereocenters. The molecule has 1 aromatic rings. The van der Waals surface area contributed by atoms with Crippen LogP contribution in [-0.2, 0) is 11.3 Å². The molecule has 1 heterocycles. The summed E-state index contributed by atoms with van der Waals surface area (Å²) in [7, 11) is 0. The third kappa shape index (κ3) is 3.24. The number of hydrogen-bond donors (Lipinski definition) is 0. The third-order valence-corrected chi connectivity index (χ3v) is 1.71. The van der Waals surface area contributed by atoms with Crippen LogP contribution < -0.4 is 0 Å². The van der Waals surface area contributed by atoms with Crippen LogP contribution in [-0.4, -0.2) is 23.2 Å². The lowest BCUT2D eigenvalue weighted by Crippen LogP contribution is -2.01. The van der Waals surface area contributed by atoms with E-state index in [1.54, 1.807) is 6.20 Å². The average Bonchev–Trinajstić information content (AvgIpc) is 2.09. The fraction of sp³-hybridized carbons (Fsp3) is 0.500. The number of alkyl halides is 1. The summed E-state index contributed by atoms with van der Waals surface area (Å²) < 4.78 is 16.7. The predicted molar refractivity (Wildman–Crippen MR) is 47.4 cm³/mol. The van der Waals surface area contributed by atoms with Gasteiger partial charge in [0, 0.05) is 17.5 Å². The highest BCUT2D eigenvalue weighted by Gasteiger charge is 2.01. The van der Waals surface area contributed by atoms with Crippen LogP contribution in [0.15, 0.2) is 6.20 Å². The Labute approximate surface area is 80.9 Å². The van der Waals surface area contributed by atoms with Gasteiger partial charge in [0.25, 0.3) is 0 Å². The van der Waals surface area contributed by atoms with Crippen molar-refractivity contribution >= 4 is 11.6 Å². The molecule has 5 heteroatoms. The zero-order valence-electron chi connectivity index (χ0n) is 7.26. The second-order valence-corrected chi connectivity index (χ2v) is 2.83. The zero-order valence-corrected chi connectivity index (χ0v) is 8.01. The normalized spacial score (nSPS) is 10.4. The van der Waals surface area contributed by atoms with Gasteiger partial charge in [-0.25, -0.2) is 14.4 Å². The van der Waals surface area contributed by atoms with E-state index in [1.807, 2.05) is 6.92 Å². The maximum absolute atomic E-state index is 11.7. The van der Waals surface area contributed by atoms with Gasteiger partial charge in [-0.15, -0.1) is 0 Å². The highest BCUT2D eigenvalue weighted by Crippen LogP contribution is 2.08. The highest BCUT2D eigenvalue weighted by atomic mass is 35.5. The largest absolute Gasteiger partial charge is 0.374 e. The molecule has 3 nitrogen and oxygen atoms in total. The van der Waals surface area contributed by atoms with Crippen molar-refractivity contribution in [1.29, 1.82) is 0 Å². The second kappa shape index (κ2) is 5.09. The van der Waals surface area contributed by atoms with Crippen molar-refractivity contribution in [2.24, 2.45) is 0 Å². The smallest absolute Gasteiger partial charge is 0.222 e. The first kappa shape index (κ1) is 10.3. The molecular weight excluding hydrogens is 195 g/mol. The Morgan fingerprint density at radius 2 is 2.38 bits per heavy atom. The van der Waals surface area contributed by atoms with E-state index in [1.165, 1.54) is 0 Å². The molecule has 0 aliphatic heterocycles. The van der Waals surface area contributed by atoms with Gasteiger partial charge < -0.3 is 4.74 Å². The van der Waals surface area contributed by atoms with Gasteiger partial charge >= 0.3 is 0 Å². The summed E-state index contributed by atoms with van der Waals surface area (Å²) >= 11 is 5.56. The minimum Gasteiger partial charge on any atom is -0.374 e. The highest BCUT2D eigenvalue weighted by molar-refractivity contribution is 6.28. The lowest BCUT2D eigenvalue weighted by Gasteiger charge is -2.04. The Morgan fingerprint density at radius 1 is 1.62 bits per heavy atom. The summed E-state index contributed by atoms with van der Waals surface area (Å²) in [5.74, 6) is 0.